The number of amides is 1. The number of ether oxygens (including phenoxy) is 3. The molecule has 0 spiro atoms. The number of carbonyl (C=O) groups is 1. The van der Waals surface area contributed by atoms with Crippen molar-refractivity contribution in [3.05, 3.63) is 95.6 Å². The lowest BCUT2D eigenvalue weighted by molar-refractivity contribution is 0.0182. The van der Waals surface area contributed by atoms with Crippen molar-refractivity contribution < 1.29 is 29.2 Å². The number of benzene rings is 3. The van der Waals surface area contributed by atoms with Crippen LogP contribution in [-0.4, -0.2) is 35.6 Å². The predicted molar refractivity (Wildman–Crippen MR) is 124 cm³/mol. The molecule has 0 aliphatic heterocycles. The van der Waals surface area contributed by atoms with E-state index in [1.807, 2.05) is 67.6 Å². The van der Waals surface area contributed by atoms with Crippen molar-refractivity contribution in [3.8, 4) is 11.5 Å². The first-order chi connectivity index (χ1) is 16.1. The third-order valence-corrected chi connectivity index (χ3v) is 4.88. The molecule has 3 rings (SSSR count). The van der Waals surface area contributed by atoms with Crippen LogP contribution in [0.15, 0.2) is 78.9 Å². The fourth-order valence-corrected chi connectivity index (χ4v) is 3.13. The molecule has 0 saturated carbocycles. The Morgan fingerprint density at radius 2 is 1.48 bits per heavy atom. The number of aliphatic hydroxyl groups is 2. The Balaban J connectivity index is 1.54. The number of aliphatic hydroxyl groups excluding tert-OH is 2. The maximum Gasteiger partial charge on any atom is 0.407 e. The maximum absolute atomic E-state index is 11.9. The van der Waals surface area contributed by atoms with Crippen molar-refractivity contribution in [2.24, 2.45) is 0 Å². The molecule has 7 nitrogen and oxygen atoms in total. The lowest BCUT2D eigenvalue weighted by atomic mass is 10.0. The van der Waals surface area contributed by atoms with Gasteiger partial charge in [0.15, 0.2) is 11.5 Å². The van der Waals surface area contributed by atoms with Gasteiger partial charge in [-0.15, -0.1) is 0 Å². The highest BCUT2D eigenvalue weighted by Crippen LogP contribution is 2.32. The molecule has 0 bridgehead atoms. The van der Waals surface area contributed by atoms with Gasteiger partial charge in [-0.3, -0.25) is 0 Å². The average molecular weight is 452 g/mol. The van der Waals surface area contributed by atoms with Gasteiger partial charge in [0.1, 0.15) is 25.4 Å². The molecule has 1 amide bonds. The zero-order valence-corrected chi connectivity index (χ0v) is 18.5. The summed E-state index contributed by atoms with van der Waals surface area (Å²) in [5.41, 5.74) is 2.31. The summed E-state index contributed by atoms with van der Waals surface area (Å²) in [5, 5.41) is 23.4. The molecule has 2 atom stereocenters. The minimum atomic E-state index is -1.24. The molecule has 7 heteroatoms. The second-order valence-corrected chi connectivity index (χ2v) is 7.37. The summed E-state index contributed by atoms with van der Waals surface area (Å²) in [4.78, 5) is 11.9. The number of nitrogens with one attached hydrogen (secondary N) is 1. The van der Waals surface area contributed by atoms with Crippen LogP contribution < -0.4 is 14.8 Å². The Morgan fingerprint density at radius 1 is 0.848 bits per heavy atom. The normalized spacial score (nSPS) is 12.5. The standard InChI is InChI=1S/C26H29NO6/c1-2-31-24-15-21(13-14-23(24)32-17-19-9-5-3-6-10-19)25(29)22(28)16-27-26(30)33-18-20-11-7-4-8-12-20/h3-15,22,25,28-29H,2,16-18H2,1H3,(H,27,30). The quantitative estimate of drug-likeness (QED) is 0.408. The third kappa shape index (κ3) is 7.52. The average Bonchev–Trinajstić information content (AvgIpc) is 2.86. The molecule has 33 heavy (non-hydrogen) atoms. The van der Waals surface area contributed by atoms with Crippen LogP contribution in [0.2, 0.25) is 0 Å². The predicted octanol–water partition coefficient (Wildman–Crippen LogP) is 3.99. The number of alkyl carbamates (subject to hydrolysis) is 1. The van der Waals surface area contributed by atoms with Crippen LogP contribution in [0.25, 0.3) is 0 Å². The minimum absolute atomic E-state index is 0.119. The van der Waals surface area contributed by atoms with Gasteiger partial charge in [-0.05, 0) is 35.7 Å². The molecule has 3 aromatic rings. The van der Waals surface area contributed by atoms with Crippen LogP contribution in [0.3, 0.4) is 0 Å². The summed E-state index contributed by atoms with van der Waals surface area (Å²) in [6.45, 7) is 2.58. The number of hydrogen-bond donors (Lipinski definition) is 3. The molecule has 2 unspecified atom stereocenters. The molecule has 3 N–H and O–H groups in total. The Bertz CT molecular complexity index is 996. The van der Waals surface area contributed by atoms with Crippen LogP contribution in [0, 0.1) is 0 Å². The van der Waals surface area contributed by atoms with Gasteiger partial charge in [0.2, 0.25) is 0 Å². The summed E-state index contributed by atoms with van der Waals surface area (Å²) in [5.74, 6) is 1.00. The maximum atomic E-state index is 11.9. The van der Waals surface area contributed by atoms with Gasteiger partial charge in [-0.1, -0.05) is 66.7 Å². The highest BCUT2D eigenvalue weighted by molar-refractivity contribution is 5.67. The third-order valence-electron chi connectivity index (χ3n) is 4.88. The SMILES string of the molecule is CCOc1cc(C(O)C(O)CNC(=O)OCc2ccccc2)ccc1OCc1ccccc1. The van der Waals surface area contributed by atoms with Crippen molar-refractivity contribution in [1.29, 1.82) is 0 Å². The van der Waals surface area contributed by atoms with Gasteiger partial charge in [-0.2, -0.15) is 0 Å². The van der Waals surface area contributed by atoms with E-state index in [9.17, 15) is 15.0 Å². The second-order valence-electron chi connectivity index (χ2n) is 7.37. The molecular formula is C26H29NO6. The van der Waals surface area contributed by atoms with E-state index < -0.39 is 18.3 Å². The second kappa shape index (κ2) is 12.5. The fraction of sp³-hybridized carbons (Fsp3) is 0.269. The van der Waals surface area contributed by atoms with Gasteiger partial charge >= 0.3 is 6.09 Å². The minimum Gasteiger partial charge on any atom is -0.490 e. The monoisotopic (exact) mass is 451 g/mol. The molecule has 0 heterocycles. The molecule has 0 aromatic heterocycles. The number of carbonyl (C=O) groups excluding carboxylic acids is 1. The van der Waals surface area contributed by atoms with E-state index in [4.69, 9.17) is 14.2 Å². The highest BCUT2D eigenvalue weighted by atomic mass is 16.5. The lowest BCUT2D eigenvalue weighted by Gasteiger charge is -2.20. The first-order valence-corrected chi connectivity index (χ1v) is 10.8. The molecule has 0 radical (unpaired) electrons. The molecule has 174 valence electrons. The summed E-state index contributed by atoms with van der Waals surface area (Å²) < 4.78 is 16.6. The van der Waals surface area contributed by atoms with Crippen molar-refractivity contribution in [3.63, 3.8) is 0 Å². The van der Waals surface area contributed by atoms with Crippen molar-refractivity contribution in [2.45, 2.75) is 32.3 Å². The summed E-state index contributed by atoms with van der Waals surface area (Å²) in [7, 11) is 0. The van der Waals surface area contributed by atoms with Gasteiger partial charge < -0.3 is 29.7 Å². The molecule has 0 saturated heterocycles. The molecular weight excluding hydrogens is 422 g/mol. The van der Waals surface area contributed by atoms with Gasteiger partial charge in [0.25, 0.3) is 0 Å². The van der Waals surface area contributed by atoms with E-state index in [-0.39, 0.29) is 13.2 Å². The zero-order chi connectivity index (χ0) is 23.5. The summed E-state index contributed by atoms with van der Waals surface area (Å²) in [6.07, 6.45) is -3.15. The highest BCUT2D eigenvalue weighted by Gasteiger charge is 2.21. The summed E-state index contributed by atoms with van der Waals surface area (Å²) >= 11 is 0. The van der Waals surface area contributed by atoms with Gasteiger partial charge in [0.05, 0.1) is 6.61 Å². The van der Waals surface area contributed by atoms with Crippen LogP contribution in [-0.2, 0) is 18.0 Å². The molecule has 0 fully saturated rings. The van der Waals surface area contributed by atoms with Crippen molar-refractivity contribution >= 4 is 6.09 Å². The van der Waals surface area contributed by atoms with E-state index >= 15 is 0 Å². The Hall–Kier alpha value is -3.55. The van der Waals surface area contributed by atoms with E-state index in [1.54, 1.807) is 18.2 Å². The topological polar surface area (TPSA) is 97.2 Å². The van der Waals surface area contributed by atoms with E-state index in [1.165, 1.54) is 0 Å². The largest absolute Gasteiger partial charge is 0.490 e. The smallest absolute Gasteiger partial charge is 0.407 e. The Morgan fingerprint density at radius 3 is 2.12 bits per heavy atom. The molecule has 0 aliphatic rings. The molecule has 3 aromatic carbocycles. The van der Waals surface area contributed by atoms with Crippen molar-refractivity contribution in [1.82, 2.24) is 5.32 Å². The van der Waals surface area contributed by atoms with E-state index in [0.29, 0.717) is 30.3 Å². The van der Waals surface area contributed by atoms with Crippen LogP contribution >= 0.6 is 0 Å². The Kier molecular flexibility index (Phi) is 9.11. The van der Waals surface area contributed by atoms with E-state index in [0.717, 1.165) is 11.1 Å². The number of hydrogen-bond acceptors (Lipinski definition) is 6. The summed E-state index contributed by atoms with van der Waals surface area (Å²) in [6, 6.07) is 24.0. The van der Waals surface area contributed by atoms with Crippen LogP contribution in [0.1, 0.15) is 29.7 Å². The first-order valence-electron chi connectivity index (χ1n) is 10.8. The van der Waals surface area contributed by atoms with Gasteiger partial charge in [-0.25, -0.2) is 4.79 Å². The van der Waals surface area contributed by atoms with Crippen LogP contribution in [0.4, 0.5) is 4.79 Å². The van der Waals surface area contributed by atoms with Crippen molar-refractivity contribution in [2.75, 3.05) is 13.2 Å². The zero-order valence-electron chi connectivity index (χ0n) is 18.5. The Labute approximate surface area is 193 Å². The fourth-order valence-electron chi connectivity index (χ4n) is 3.13. The van der Waals surface area contributed by atoms with E-state index in [2.05, 4.69) is 5.32 Å². The van der Waals surface area contributed by atoms with Crippen LogP contribution in [0.5, 0.6) is 11.5 Å². The lowest BCUT2D eigenvalue weighted by Crippen LogP contribution is -2.35. The molecule has 0 aliphatic carbocycles. The first kappa shape index (κ1) is 24.1. The number of rotatable bonds is 11. The van der Waals surface area contributed by atoms with Gasteiger partial charge in [0, 0.05) is 6.54 Å².